The van der Waals surface area contributed by atoms with Gasteiger partial charge in [0.05, 0.1) is 10.5 Å². The van der Waals surface area contributed by atoms with Crippen LogP contribution in [0.5, 0.6) is 0 Å². The third-order valence-electron chi connectivity index (χ3n) is 2.74. The first-order chi connectivity index (χ1) is 9.29. The average Bonchev–Trinajstić information content (AvgIpc) is 2.38. The lowest BCUT2D eigenvalue weighted by Gasteiger charge is -2.03. The van der Waals surface area contributed by atoms with Gasteiger partial charge in [0.15, 0.2) is 9.84 Å². The zero-order valence-corrected chi connectivity index (χ0v) is 11.3. The fraction of sp³-hybridized carbons (Fsp3) is 0.0769. The third-order valence-corrected chi connectivity index (χ3v) is 3.87. The smallest absolute Gasteiger partial charge is 0.337 e. The van der Waals surface area contributed by atoms with Crippen molar-refractivity contribution in [2.24, 2.45) is 0 Å². The quantitative estimate of drug-likeness (QED) is 0.883. The highest BCUT2D eigenvalue weighted by Crippen LogP contribution is 2.19. The minimum atomic E-state index is -3.31. The molecule has 0 bridgehead atoms. The second-order valence-electron chi connectivity index (χ2n) is 4.23. The van der Waals surface area contributed by atoms with E-state index in [1.807, 2.05) is 0 Å². The molecule has 0 saturated heterocycles. The van der Waals surface area contributed by atoms with E-state index in [2.05, 4.69) is 4.98 Å². The number of aromatic carboxylic acids is 1. The molecule has 2 N–H and O–H groups in total. The normalized spacial score (nSPS) is 11.2. The number of aromatic amines is 1. The van der Waals surface area contributed by atoms with Crippen molar-refractivity contribution in [3.8, 4) is 11.1 Å². The molecule has 1 aromatic carbocycles. The van der Waals surface area contributed by atoms with Crippen LogP contribution in [0.25, 0.3) is 11.1 Å². The standard InChI is InChI=1S/C13H11NO5S/c1-20(18,19)10-4-2-8(3-5-10)11-6-9(13(16)17)7-14-12(11)15/h2-7H,1H3,(H,14,15)(H,16,17). The van der Waals surface area contributed by atoms with E-state index in [1.165, 1.54) is 30.3 Å². The second-order valence-corrected chi connectivity index (χ2v) is 6.25. The van der Waals surface area contributed by atoms with Crippen LogP contribution in [0, 0.1) is 0 Å². The van der Waals surface area contributed by atoms with Gasteiger partial charge in [-0.3, -0.25) is 4.79 Å². The summed E-state index contributed by atoms with van der Waals surface area (Å²) in [7, 11) is -3.31. The van der Waals surface area contributed by atoms with Crippen LogP contribution in [0.4, 0.5) is 0 Å². The summed E-state index contributed by atoms with van der Waals surface area (Å²) in [6.45, 7) is 0. The predicted molar refractivity (Wildman–Crippen MR) is 72.6 cm³/mol. The number of sulfone groups is 1. The van der Waals surface area contributed by atoms with Gasteiger partial charge in [0.2, 0.25) is 0 Å². The lowest BCUT2D eigenvalue weighted by atomic mass is 10.1. The van der Waals surface area contributed by atoms with E-state index in [1.54, 1.807) is 0 Å². The molecule has 0 radical (unpaired) electrons. The van der Waals surface area contributed by atoms with Crippen molar-refractivity contribution in [2.75, 3.05) is 6.26 Å². The first-order valence-corrected chi connectivity index (χ1v) is 7.45. The Morgan fingerprint density at radius 1 is 1.20 bits per heavy atom. The number of hydrogen-bond donors (Lipinski definition) is 2. The minimum Gasteiger partial charge on any atom is -0.478 e. The lowest BCUT2D eigenvalue weighted by molar-refractivity contribution is 0.0696. The molecule has 1 aromatic heterocycles. The number of benzene rings is 1. The minimum absolute atomic E-state index is 0.0493. The first-order valence-electron chi connectivity index (χ1n) is 5.55. The van der Waals surface area contributed by atoms with Crippen LogP contribution in [0.15, 0.2) is 46.2 Å². The van der Waals surface area contributed by atoms with Gasteiger partial charge in [-0.15, -0.1) is 0 Å². The first kappa shape index (κ1) is 14.0. The third kappa shape index (κ3) is 2.77. The van der Waals surface area contributed by atoms with Gasteiger partial charge in [-0.1, -0.05) is 12.1 Å². The molecule has 20 heavy (non-hydrogen) atoms. The Morgan fingerprint density at radius 3 is 2.30 bits per heavy atom. The molecule has 2 aromatic rings. The van der Waals surface area contributed by atoms with Crippen molar-refractivity contribution in [1.82, 2.24) is 4.98 Å². The van der Waals surface area contributed by atoms with Gasteiger partial charge in [-0.05, 0) is 23.8 Å². The summed E-state index contributed by atoms with van der Waals surface area (Å²) in [6, 6.07) is 6.92. The summed E-state index contributed by atoms with van der Waals surface area (Å²) < 4.78 is 22.7. The molecule has 7 heteroatoms. The summed E-state index contributed by atoms with van der Waals surface area (Å²) in [5, 5.41) is 8.90. The number of aromatic nitrogens is 1. The maximum Gasteiger partial charge on any atom is 0.337 e. The molecule has 0 atom stereocenters. The predicted octanol–water partition coefficient (Wildman–Crippen LogP) is 1.14. The average molecular weight is 293 g/mol. The summed E-state index contributed by atoms with van der Waals surface area (Å²) in [5.74, 6) is -1.16. The van der Waals surface area contributed by atoms with Crippen LogP contribution in [0.3, 0.4) is 0 Å². The summed E-state index contributed by atoms with van der Waals surface area (Å²) in [5.41, 5.74) is 0.126. The largest absolute Gasteiger partial charge is 0.478 e. The van der Waals surface area contributed by atoms with E-state index in [9.17, 15) is 18.0 Å². The number of carboxylic acid groups (broad SMARTS) is 1. The number of nitrogens with one attached hydrogen (secondary N) is 1. The topological polar surface area (TPSA) is 104 Å². The Kier molecular flexibility index (Phi) is 3.46. The summed E-state index contributed by atoms with van der Waals surface area (Å²) in [6.07, 6.45) is 2.19. The summed E-state index contributed by atoms with van der Waals surface area (Å²) >= 11 is 0. The fourth-order valence-corrected chi connectivity index (χ4v) is 2.33. The van der Waals surface area contributed by atoms with Crippen molar-refractivity contribution in [2.45, 2.75) is 4.90 Å². The Morgan fingerprint density at radius 2 is 1.80 bits per heavy atom. The van der Waals surface area contributed by atoms with Crippen molar-refractivity contribution in [3.05, 3.63) is 52.4 Å². The van der Waals surface area contributed by atoms with E-state index in [0.717, 1.165) is 12.5 Å². The molecule has 1 heterocycles. The Balaban J connectivity index is 2.54. The lowest BCUT2D eigenvalue weighted by Crippen LogP contribution is -2.11. The molecule has 0 amide bonds. The van der Waals surface area contributed by atoms with Crippen molar-refractivity contribution >= 4 is 15.8 Å². The highest BCUT2D eigenvalue weighted by Gasteiger charge is 2.11. The molecular formula is C13H11NO5S. The van der Waals surface area contributed by atoms with E-state index in [4.69, 9.17) is 5.11 Å². The fourth-order valence-electron chi connectivity index (χ4n) is 1.70. The number of rotatable bonds is 3. The number of H-pyrrole nitrogens is 1. The highest BCUT2D eigenvalue weighted by atomic mass is 32.2. The maximum absolute atomic E-state index is 11.7. The van der Waals surface area contributed by atoms with E-state index in [-0.39, 0.29) is 16.0 Å². The van der Waals surface area contributed by atoms with Crippen molar-refractivity contribution in [3.63, 3.8) is 0 Å². The van der Waals surface area contributed by atoms with Crippen LogP contribution < -0.4 is 5.56 Å². The van der Waals surface area contributed by atoms with Crippen molar-refractivity contribution < 1.29 is 18.3 Å². The molecule has 0 aliphatic rings. The van der Waals surface area contributed by atoms with E-state index in [0.29, 0.717) is 5.56 Å². The highest BCUT2D eigenvalue weighted by molar-refractivity contribution is 7.90. The maximum atomic E-state index is 11.7. The van der Waals surface area contributed by atoms with Gasteiger partial charge in [-0.25, -0.2) is 13.2 Å². The van der Waals surface area contributed by atoms with Gasteiger partial charge < -0.3 is 10.1 Å². The van der Waals surface area contributed by atoms with E-state index < -0.39 is 21.4 Å². The Labute approximate surface area is 114 Å². The number of carbonyl (C=O) groups is 1. The van der Waals surface area contributed by atoms with Gasteiger partial charge in [0.25, 0.3) is 5.56 Å². The summed E-state index contributed by atoms with van der Waals surface area (Å²) in [4.78, 5) is 25.1. The molecule has 0 unspecified atom stereocenters. The van der Waals surface area contributed by atoms with Crippen molar-refractivity contribution in [1.29, 1.82) is 0 Å². The Bertz CT molecular complexity index is 819. The van der Waals surface area contributed by atoms with Crippen LogP contribution in [0.2, 0.25) is 0 Å². The Hall–Kier alpha value is -2.41. The van der Waals surface area contributed by atoms with Crippen LogP contribution in [-0.4, -0.2) is 30.7 Å². The molecule has 0 aliphatic heterocycles. The molecule has 104 valence electrons. The van der Waals surface area contributed by atoms with E-state index >= 15 is 0 Å². The number of hydrogen-bond acceptors (Lipinski definition) is 4. The van der Waals surface area contributed by atoms with Crippen LogP contribution in [0.1, 0.15) is 10.4 Å². The molecule has 6 nitrogen and oxygen atoms in total. The second kappa shape index (κ2) is 4.93. The van der Waals surface area contributed by atoms with Gasteiger partial charge >= 0.3 is 5.97 Å². The van der Waals surface area contributed by atoms with Crippen LogP contribution in [-0.2, 0) is 9.84 Å². The molecule has 0 spiro atoms. The SMILES string of the molecule is CS(=O)(=O)c1ccc(-c2cc(C(=O)O)c[nH]c2=O)cc1. The number of pyridine rings is 1. The zero-order valence-electron chi connectivity index (χ0n) is 10.5. The molecule has 0 saturated carbocycles. The zero-order chi connectivity index (χ0) is 14.9. The molecule has 2 rings (SSSR count). The van der Waals surface area contributed by atoms with Gasteiger partial charge in [-0.2, -0.15) is 0 Å². The molecular weight excluding hydrogens is 282 g/mol. The number of carboxylic acids is 1. The molecule has 0 fully saturated rings. The van der Waals surface area contributed by atoms with Gasteiger partial charge in [0.1, 0.15) is 0 Å². The molecule has 0 aliphatic carbocycles. The van der Waals surface area contributed by atoms with Crippen LogP contribution >= 0.6 is 0 Å². The monoisotopic (exact) mass is 293 g/mol. The van der Waals surface area contributed by atoms with Gasteiger partial charge in [0, 0.05) is 18.0 Å².